The van der Waals surface area contributed by atoms with Gasteiger partial charge in [-0.3, -0.25) is 4.90 Å². The molecule has 1 aromatic rings. The van der Waals surface area contributed by atoms with Crippen molar-refractivity contribution in [2.45, 2.75) is 56.7 Å². The Morgan fingerprint density at radius 2 is 2.04 bits per heavy atom. The molecule has 1 aromatic carbocycles. The number of hydrogen-bond donors (Lipinski definition) is 0. The summed E-state index contributed by atoms with van der Waals surface area (Å²) in [5.74, 6) is 0.437. The first-order valence-electron chi connectivity index (χ1n) is 8.35. The number of carbonyl (C=O) groups is 1. The van der Waals surface area contributed by atoms with E-state index in [0.717, 1.165) is 12.8 Å². The number of carbonyl (C=O) groups excluding carboxylic acids is 1. The van der Waals surface area contributed by atoms with Gasteiger partial charge in [0.2, 0.25) is 0 Å². The van der Waals surface area contributed by atoms with Crippen LogP contribution in [0.25, 0.3) is 0 Å². The van der Waals surface area contributed by atoms with Crippen LogP contribution in [0.3, 0.4) is 0 Å². The van der Waals surface area contributed by atoms with Crippen LogP contribution < -0.4 is 0 Å². The fraction of sp³-hybridized carbons (Fsp3) is 0.556. The molecule has 7 heteroatoms. The zero-order valence-electron chi connectivity index (χ0n) is 14.7. The van der Waals surface area contributed by atoms with Crippen LogP contribution in [0.15, 0.2) is 23.1 Å². The molecule has 0 aromatic heterocycles. The van der Waals surface area contributed by atoms with Crippen LogP contribution in [-0.4, -0.2) is 30.8 Å². The molecule has 1 atom stereocenters. The summed E-state index contributed by atoms with van der Waals surface area (Å²) in [5, 5.41) is 9.47. The molecular formula is C18H22N2O4S. The van der Waals surface area contributed by atoms with Crippen molar-refractivity contribution >= 4 is 15.9 Å². The highest BCUT2D eigenvalue weighted by Crippen LogP contribution is 2.37. The standard InChI is InChI=1S/C18H22N2O4S/c1-18(2,3)24-17(21)20-10-13-8-14(6-7-15(13)16(20)9-19)25(22,23)11-12-4-5-12/h6-8,12,16H,4-5,10-11H2,1-3H3. The van der Waals surface area contributed by atoms with Crippen LogP contribution in [0.5, 0.6) is 0 Å². The Morgan fingerprint density at radius 1 is 1.36 bits per heavy atom. The lowest BCUT2D eigenvalue weighted by Crippen LogP contribution is -2.35. The summed E-state index contributed by atoms with van der Waals surface area (Å²) in [6.45, 7) is 5.46. The van der Waals surface area contributed by atoms with E-state index in [1.54, 1.807) is 39.0 Å². The van der Waals surface area contributed by atoms with Gasteiger partial charge in [-0.2, -0.15) is 5.26 Å². The third-order valence-electron chi connectivity index (χ3n) is 4.32. The van der Waals surface area contributed by atoms with Crippen LogP contribution in [0.2, 0.25) is 0 Å². The van der Waals surface area contributed by atoms with Crippen molar-refractivity contribution in [2.75, 3.05) is 5.75 Å². The zero-order chi connectivity index (χ0) is 18.4. The summed E-state index contributed by atoms with van der Waals surface area (Å²) in [5.41, 5.74) is 0.693. The third-order valence-corrected chi connectivity index (χ3v) is 6.21. The summed E-state index contributed by atoms with van der Waals surface area (Å²) in [6.07, 6.45) is 1.36. The molecule has 0 radical (unpaired) electrons. The van der Waals surface area contributed by atoms with Gasteiger partial charge in [0.15, 0.2) is 9.84 Å². The molecule has 0 N–H and O–H groups in total. The van der Waals surface area contributed by atoms with Crippen molar-refractivity contribution < 1.29 is 17.9 Å². The van der Waals surface area contributed by atoms with E-state index in [1.165, 1.54) is 4.90 Å². The Hall–Kier alpha value is -2.07. The molecule has 6 nitrogen and oxygen atoms in total. The second kappa shape index (κ2) is 6.03. The van der Waals surface area contributed by atoms with E-state index in [2.05, 4.69) is 6.07 Å². The topological polar surface area (TPSA) is 87.5 Å². The van der Waals surface area contributed by atoms with E-state index in [4.69, 9.17) is 4.74 Å². The number of ether oxygens (including phenoxy) is 1. The molecule has 0 bridgehead atoms. The highest BCUT2D eigenvalue weighted by molar-refractivity contribution is 7.91. The van der Waals surface area contributed by atoms with Crippen LogP contribution in [0.1, 0.15) is 50.8 Å². The van der Waals surface area contributed by atoms with E-state index in [1.807, 2.05) is 0 Å². The van der Waals surface area contributed by atoms with E-state index in [-0.39, 0.29) is 23.1 Å². The average molecular weight is 362 g/mol. The van der Waals surface area contributed by atoms with Crippen molar-refractivity contribution in [1.29, 1.82) is 5.26 Å². The van der Waals surface area contributed by atoms with Crippen molar-refractivity contribution in [1.82, 2.24) is 4.90 Å². The number of amides is 1. The van der Waals surface area contributed by atoms with Gasteiger partial charge >= 0.3 is 6.09 Å². The minimum atomic E-state index is -3.33. The lowest BCUT2D eigenvalue weighted by atomic mass is 10.1. The molecule has 3 rings (SSSR count). The summed E-state index contributed by atoms with van der Waals surface area (Å²) in [4.78, 5) is 14.0. The minimum absolute atomic E-state index is 0.170. The van der Waals surface area contributed by atoms with Crippen LogP contribution >= 0.6 is 0 Å². The van der Waals surface area contributed by atoms with Crippen molar-refractivity contribution in [3.05, 3.63) is 29.3 Å². The monoisotopic (exact) mass is 362 g/mol. The Bertz CT molecular complexity index is 845. The molecule has 1 fully saturated rings. The van der Waals surface area contributed by atoms with Gasteiger partial charge < -0.3 is 4.74 Å². The predicted octanol–water partition coefficient (Wildman–Crippen LogP) is 3.19. The maximum Gasteiger partial charge on any atom is 0.411 e. The van der Waals surface area contributed by atoms with E-state index in [0.29, 0.717) is 11.1 Å². The van der Waals surface area contributed by atoms with Gasteiger partial charge in [0, 0.05) is 0 Å². The Balaban J connectivity index is 1.87. The van der Waals surface area contributed by atoms with Crippen LogP contribution in [-0.2, 0) is 21.1 Å². The van der Waals surface area contributed by atoms with Crippen LogP contribution in [0, 0.1) is 17.2 Å². The zero-order valence-corrected chi connectivity index (χ0v) is 15.5. The smallest absolute Gasteiger partial charge is 0.411 e. The quantitative estimate of drug-likeness (QED) is 0.824. The van der Waals surface area contributed by atoms with Gasteiger partial charge in [-0.15, -0.1) is 0 Å². The third kappa shape index (κ3) is 3.79. The van der Waals surface area contributed by atoms with Gasteiger partial charge in [-0.25, -0.2) is 13.2 Å². The first kappa shape index (κ1) is 17.7. The summed E-state index contributed by atoms with van der Waals surface area (Å²) in [6, 6.07) is 6.14. The van der Waals surface area contributed by atoms with Crippen LogP contribution in [0.4, 0.5) is 4.79 Å². The Labute approximate surface area is 148 Å². The average Bonchev–Trinajstić information content (AvgIpc) is 3.21. The highest BCUT2D eigenvalue weighted by atomic mass is 32.2. The molecule has 2 aliphatic rings. The fourth-order valence-corrected chi connectivity index (χ4v) is 4.69. The van der Waals surface area contributed by atoms with E-state index < -0.39 is 27.6 Å². The lowest BCUT2D eigenvalue weighted by Gasteiger charge is -2.26. The van der Waals surface area contributed by atoms with Crippen molar-refractivity contribution in [3.63, 3.8) is 0 Å². The second-order valence-corrected chi connectivity index (χ2v) is 9.76. The second-order valence-electron chi connectivity index (χ2n) is 7.73. The fourth-order valence-electron chi connectivity index (χ4n) is 2.94. The number of fused-ring (bicyclic) bond motifs is 1. The predicted molar refractivity (Wildman–Crippen MR) is 91.3 cm³/mol. The molecular weight excluding hydrogens is 340 g/mol. The molecule has 1 amide bonds. The first-order chi connectivity index (χ1) is 11.6. The molecule has 1 aliphatic heterocycles. The number of benzene rings is 1. The number of nitrogens with zero attached hydrogens (tertiary/aromatic N) is 2. The van der Waals surface area contributed by atoms with Gasteiger partial charge in [0.05, 0.1) is 23.3 Å². The lowest BCUT2D eigenvalue weighted by molar-refractivity contribution is 0.0213. The number of nitriles is 1. The largest absolute Gasteiger partial charge is 0.444 e. The van der Waals surface area contributed by atoms with Gasteiger partial charge in [0.1, 0.15) is 11.6 Å². The maximum atomic E-state index is 12.5. The number of sulfone groups is 1. The molecule has 25 heavy (non-hydrogen) atoms. The van der Waals surface area contributed by atoms with Gasteiger partial charge in [-0.05, 0) is 62.8 Å². The van der Waals surface area contributed by atoms with E-state index in [9.17, 15) is 18.5 Å². The molecule has 1 heterocycles. The van der Waals surface area contributed by atoms with Crippen molar-refractivity contribution in [2.24, 2.45) is 5.92 Å². The number of rotatable bonds is 3. The van der Waals surface area contributed by atoms with Gasteiger partial charge in [-0.1, -0.05) is 6.07 Å². The summed E-state index contributed by atoms with van der Waals surface area (Å²) in [7, 11) is -3.33. The molecule has 0 saturated heterocycles. The van der Waals surface area contributed by atoms with E-state index >= 15 is 0 Å². The first-order valence-corrected chi connectivity index (χ1v) is 10.0. The molecule has 1 saturated carbocycles. The molecule has 1 unspecified atom stereocenters. The van der Waals surface area contributed by atoms with Gasteiger partial charge in [0.25, 0.3) is 0 Å². The Morgan fingerprint density at radius 3 is 2.60 bits per heavy atom. The number of hydrogen-bond acceptors (Lipinski definition) is 5. The molecule has 1 aliphatic carbocycles. The Kier molecular flexibility index (Phi) is 4.28. The molecule has 0 spiro atoms. The summed E-state index contributed by atoms with van der Waals surface area (Å²) < 4.78 is 30.3. The molecule has 134 valence electrons. The highest BCUT2D eigenvalue weighted by Gasteiger charge is 2.37. The minimum Gasteiger partial charge on any atom is -0.444 e. The summed E-state index contributed by atoms with van der Waals surface area (Å²) >= 11 is 0. The maximum absolute atomic E-state index is 12.5. The normalized spacial score (nSPS) is 20.1. The van der Waals surface area contributed by atoms with Crippen molar-refractivity contribution in [3.8, 4) is 6.07 Å². The SMILES string of the molecule is CC(C)(C)OC(=O)N1Cc2cc(S(=O)(=O)CC3CC3)ccc2C1C#N.